The molecule has 5 aromatic rings. The summed E-state index contributed by atoms with van der Waals surface area (Å²) in [6.07, 6.45) is 3.68. The summed E-state index contributed by atoms with van der Waals surface area (Å²) in [6, 6.07) is 22.8. The SMILES string of the molecule is CCCCCCc1cc2c(cc1OC(=O)OCc1ccc(OCC3=C(C(=O)O)N4C(=O)[C@@H](NC(=O)[C@H]5/C(=C/CO)OC6CC(=O)N65)[C@H]4SC3)cc1)Oc1cc(N(C)c3ccccc3)ccc1C21OC(=O)c2c(Cl)c(Cl)c(Cl)c(Cl)c21. The number of para-hydroxylation sites is 1. The monoisotopic (exact) mass is 1180 g/mol. The molecule has 3 fully saturated rings. The van der Waals surface area contributed by atoms with Crippen molar-refractivity contribution in [2.45, 2.75) is 81.3 Å². The number of esters is 1. The fourth-order valence-corrected chi connectivity index (χ4v) is 13.1. The number of benzene rings is 5. The summed E-state index contributed by atoms with van der Waals surface area (Å²) in [7, 11) is 1.90. The molecule has 3 saturated heterocycles. The molecule has 1 spiro atoms. The molecule has 6 aliphatic rings. The highest BCUT2D eigenvalue weighted by atomic mass is 35.5. The number of halogens is 4. The number of fused-ring (bicyclic) bond motifs is 8. The maximum Gasteiger partial charge on any atom is 0.514 e. The number of anilines is 2. The van der Waals surface area contributed by atoms with Crippen LogP contribution in [0.2, 0.25) is 20.1 Å². The van der Waals surface area contributed by atoms with Gasteiger partial charge in [0.25, 0.3) is 11.8 Å². The second-order valence-corrected chi connectivity index (χ2v) is 22.1. The second kappa shape index (κ2) is 22.1. The topological polar surface area (TPSA) is 220 Å². The molecular formula is C57H48Cl4N4O14S. The number of aliphatic carboxylic acids is 1. The molecule has 80 heavy (non-hydrogen) atoms. The van der Waals surface area contributed by atoms with E-state index in [0.717, 1.165) is 35.5 Å². The van der Waals surface area contributed by atoms with E-state index >= 15 is 0 Å². The van der Waals surface area contributed by atoms with Crippen LogP contribution in [0.15, 0.2) is 108 Å². The number of hydrogen-bond donors (Lipinski definition) is 3. The molecule has 0 aliphatic carbocycles. The zero-order valence-electron chi connectivity index (χ0n) is 42.6. The number of thioether (sulfide) groups is 1. The lowest BCUT2D eigenvalue weighted by atomic mass is 9.76. The van der Waals surface area contributed by atoms with Crippen molar-refractivity contribution < 1.29 is 67.4 Å². The van der Waals surface area contributed by atoms with Crippen molar-refractivity contribution in [2.75, 3.05) is 30.9 Å². The Morgan fingerprint density at radius 1 is 0.887 bits per heavy atom. The van der Waals surface area contributed by atoms with E-state index in [9.17, 15) is 39.0 Å². The molecule has 6 heterocycles. The van der Waals surface area contributed by atoms with E-state index in [1.54, 1.807) is 48.5 Å². The summed E-state index contributed by atoms with van der Waals surface area (Å²) in [6.45, 7) is 1.28. The molecule has 0 radical (unpaired) electrons. The number of amides is 3. The lowest BCUT2D eigenvalue weighted by molar-refractivity contribution is -0.160. The molecule has 3 N–H and O–H groups in total. The highest BCUT2D eigenvalue weighted by Crippen LogP contribution is 2.62. The van der Waals surface area contributed by atoms with Gasteiger partial charge in [0.05, 0.1) is 38.7 Å². The van der Waals surface area contributed by atoms with Crippen molar-refractivity contribution in [1.82, 2.24) is 15.1 Å². The standard InChI is InChI=1S/C57H48Cl4N4O14S/c1-3-4-5-7-10-29-21-35-39(76-38-22-32(63(2)31-11-8-6-9-12-31)15-18-34(38)57(35)43-42(55(72)79-57)44(58)46(60)47(61)45(43)59)23-37(29)78-56(73)75-25-28-13-16-33(17-14-28)74-26-30-27-80-53-48(52(69)65(53)49(30)54(70)71)62-51(68)50-36(19-20-66)77-41-24-40(67)64(41)50/h6,8-9,11-19,21-23,41,48,50,53,66H,3-5,7,10,20,24-27H2,1-2H3,(H,62,68)(H,70,71)/b36-19-/t41?,48-,50-,53-,57?/m1/s1. The highest BCUT2D eigenvalue weighted by Gasteiger charge is 2.59. The Hall–Kier alpha value is -7.13. The average molecular weight is 1190 g/mol. The summed E-state index contributed by atoms with van der Waals surface area (Å²) in [5.41, 5.74) is 2.04. The summed E-state index contributed by atoms with van der Waals surface area (Å²) in [4.78, 5) is 83.8. The molecule has 5 aromatic carbocycles. The van der Waals surface area contributed by atoms with Crippen molar-refractivity contribution >= 4 is 105 Å². The van der Waals surface area contributed by atoms with Gasteiger partial charge in [-0.05, 0) is 72.5 Å². The highest BCUT2D eigenvalue weighted by molar-refractivity contribution is 8.00. The van der Waals surface area contributed by atoms with Gasteiger partial charge in [-0.3, -0.25) is 24.2 Å². The van der Waals surface area contributed by atoms with Crippen molar-refractivity contribution in [3.8, 4) is 23.0 Å². The van der Waals surface area contributed by atoms with Gasteiger partial charge in [-0.2, -0.15) is 0 Å². The van der Waals surface area contributed by atoms with E-state index in [2.05, 4.69) is 12.2 Å². The number of carboxylic acid groups (broad SMARTS) is 1. The molecule has 11 rings (SSSR count). The van der Waals surface area contributed by atoms with Gasteiger partial charge >= 0.3 is 18.1 Å². The normalized spacial score (nSPS) is 21.5. The predicted molar refractivity (Wildman–Crippen MR) is 295 cm³/mol. The lowest BCUT2D eigenvalue weighted by Crippen LogP contribution is -2.72. The lowest BCUT2D eigenvalue weighted by Gasteiger charge is -2.49. The maximum absolute atomic E-state index is 14.1. The van der Waals surface area contributed by atoms with Gasteiger partial charge < -0.3 is 48.9 Å². The van der Waals surface area contributed by atoms with Crippen LogP contribution < -0.4 is 24.4 Å². The Bertz CT molecular complexity index is 3490. The third-order valence-electron chi connectivity index (χ3n) is 14.7. The minimum Gasteiger partial charge on any atom is -0.489 e. The molecule has 18 nitrogen and oxygen atoms in total. The number of unbranched alkanes of at least 4 members (excludes halogenated alkanes) is 3. The number of carbonyl (C=O) groups is 6. The Morgan fingerprint density at radius 2 is 1.64 bits per heavy atom. The molecule has 0 saturated carbocycles. The number of aryl methyl sites for hydroxylation is 1. The fraction of sp³-hybridized carbons (Fsp3) is 0.298. The molecular weight excluding hydrogens is 1140 g/mol. The first-order valence-corrected chi connectivity index (χ1v) is 28.0. The number of nitrogens with zero attached hydrogens (tertiary/aromatic N) is 3. The van der Waals surface area contributed by atoms with Gasteiger partial charge in [-0.1, -0.05) is 103 Å². The number of carbonyl (C=O) groups excluding carboxylic acids is 5. The van der Waals surface area contributed by atoms with E-state index < -0.39 is 65.8 Å². The van der Waals surface area contributed by atoms with Gasteiger partial charge in [0.15, 0.2) is 17.9 Å². The Kier molecular flexibility index (Phi) is 15.1. The second-order valence-electron chi connectivity index (χ2n) is 19.5. The largest absolute Gasteiger partial charge is 0.514 e. The number of aliphatic hydroxyl groups excluding tert-OH is 1. The van der Waals surface area contributed by atoms with Crippen LogP contribution >= 0.6 is 58.2 Å². The molecule has 3 amide bonds. The third kappa shape index (κ3) is 9.50. The van der Waals surface area contributed by atoms with E-state index in [0.29, 0.717) is 52.2 Å². The summed E-state index contributed by atoms with van der Waals surface area (Å²) in [5, 5.41) is 21.3. The first-order valence-electron chi connectivity index (χ1n) is 25.5. The van der Waals surface area contributed by atoms with Crippen LogP contribution in [0, 0.1) is 0 Å². The number of hydrogen-bond acceptors (Lipinski definition) is 15. The number of aliphatic hydroxyl groups is 1. The molecule has 23 heteroatoms. The first-order chi connectivity index (χ1) is 38.5. The van der Waals surface area contributed by atoms with Crippen LogP contribution in [0.5, 0.6) is 23.0 Å². The zero-order chi connectivity index (χ0) is 56.3. The minimum atomic E-state index is -1.74. The van der Waals surface area contributed by atoms with Crippen LogP contribution in [0.25, 0.3) is 0 Å². The van der Waals surface area contributed by atoms with Crippen molar-refractivity contribution in [3.05, 3.63) is 162 Å². The van der Waals surface area contributed by atoms with Crippen molar-refractivity contribution in [3.63, 3.8) is 0 Å². The number of nitrogens with one attached hydrogen (secondary N) is 1. The minimum absolute atomic E-state index is 0.0379. The Labute approximate surface area is 482 Å². The van der Waals surface area contributed by atoms with Gasteiger partial charge in [-0.25, -0.2) is 14.4 Å². The van der Waals surface area contributed by atoms with Gasteiger partial charge in [0, 0.05) is 58.6 Å². The zero-order valence-corrected chi connectivity index (χ0v) is 46.4. The van der Waals surface area contributed by atoms with E-state index in [4.69, 9.17) is 74.8 Å². The molecule has 6 aliphatic heterocycles. The molecule has 5 atom stereocenters. The van der Waals surface area contributed by atoms with E-state index in [-0.39, 0.29) is 85.5 Å². The Morgan fingerprint density at radius 3 is 2.36 bits per heavy atom. The van der Waals surface area contributed by atoms with Crippen LogP contribution in [0.3, 0.4) is 0 Å². The van der Waals surface area contributed by atoms with E-state index in [1.807, 2.05) is 48.3 Å². The number of rotatable bonds is 17. The smallest absolute Gasteiger partial charge is 0.489 e. The van der Waals surface area contributed by atoms with Crippen molar-refractivity contribution in [2.24, 2.45) is 0 Å². The van der Waals surface area contributed by atoms with Gasteiger partial charge in [0.1, 0.15) is 59.1 Å². The summed E-state index contributed by atoms with van der Waals surface area (Å²) in [5.74, 6) is -2.54. The maximum atomic E-state index is 14.1. The van der Waals surface area contributed by atoms with Gasteiger partial charge in [0.2, 0.25) is 5.91 Å². The fourth-order valence-electron chi connectivity index (χ4n) is 10.7. The molecule has 0 aromatic heterocycles. The van der Waals surface area contributed by atoms with Crippen LogP contribution in [-0.2, 0) is 52.0 Å². The average Bonchev–Trinajstić information content (AvgIpc) is 4.11. The number of carboxylic acids is 1. The summed E-state index contributed by atoms with van der Waals surface area (Å²) < 4.78 is 36.4. The van der Waals surface area contributed by atoms with Crippen molar-refractivity contribution in [1.29, 1.82) is 0 Å². The quantitative estimate of drug-likeness (QED) is 0.0197. The molecule has 414 valence electrons. The van der Waals surface area contributed by atoms with Gasteiger partial charge in [-0.15, -0.1) is 11.8 Å². The molecule has 0 bridgehead atoms. The molecule has 2 unspecified atom stereocenters. The van der Waals surface area contributed by atoms with Crippen LogP contribution in [-0.4, -0.2) is 106 Å². The number of ether oxygens (including phenoxy) is 6. The third-order valence-corrected chi connectivity index (χ3v) is 17.9. The Balaban J connectivity index is 0.798. The summed E-state index contributed by atoms with van der Waals surface area (Å²) >= 11 is 28.3. The predicted octanol–water partition coefficient (Wildman–Crippen LogP) is 10.4. The van der Waals surface area contributed by atoms with Crippen LogP contribution in [0.4, 0.5) is 16.2 Å². The number of β-lactam (4-membered cyclic amide) rings is 2. The van der Waals surface area contributed by atoms with E-state index in [1.165, 1.54) is 22.7 Å². The van der Waals surface area contributed by atoms with Crippen LogP contribution in [0.1, 0.15) is 77.2 Å². The first kappa shape index (κ1) is 54.8.